The van der Waals surface area contributed by atoms with Crippen LogP contribution in [0.15, 0.2) is 54.2 Å². The fraction of sp³-hybridized carbons (Fsp3) is 0.167. The van der Waals surface area contributed by atoms with Crippen LogP contribution >= 0.6 is 22.9 Å². The maximum atomic E-state index is 12.4. The van der Waals surface area contributed by atoms with Crippen molar-refractivity contribution in [2.75, 3.05) is 5.32 Å². The van der Waals surface area contributed by atoms with Gasteiger partial charge < -0.3 is 5.32 Å². The van der Waals surface area contributed by atoms with Crippen LogP contribution in [0.1, 0.15) is 17.9 Å². The van der Waals surface area contributed by atoms with Crippen molar-refractivity contribution in [3.05, 3.63) is 64.8 Å². The Balaban J connectivity index is 1.43. The zero-order chi connectivity index (χ0) is 16.5. The minimum atomic E-state index is -0.0318. The third kappa shape index (κ3) is 3.05. The molecule has 2 heterocycles. The van der Waals surface area contributed by atoms with Gasteiger partial charge >= 0.3 is 0 Å². The Labute approximate surface area is 148 Å². The molecule has 1 aromatic carbocycles. The first kappa shape index (κ1) is 15.3. The summed E-state index contributed by atoms with van der Waals surface area (Å²) in [5, 5.41) is 6.18. The van der Waals surface area contributed by atoms with Gasteiger partial charge in [0.25, 0.3) is 0 Å². The zero-order valence-electron chi connectivity index (χ0n) is 12.6. The summed E-state index contributed by atoms with van der Waals surface area (Å²) in [6.07, 6.45) is 4.31. The molecule has 6 heteroatoms. The van der Waals surface area contributed by atoms with E-state index in [0.29, 0.717) is 5.13 Å². The summed E-state index contributed by atoms with van der Waals surface area (Å²) in [7, 11) is 0. The molecule has 0 saturated heterocycles. The summed E-state index contributed by atoms with van der Waals surface area (Å²) in [5.41, 5.74) is 2.81. The highest BCUT2D eigenvalue weighted by Crippen LogP contribution is 2.50. The number of anilines is 1. The summed E-state index contributed by atoms with van der Waals surface area (Å²) in [6, 6.07) is 11.5. The van der Waals surface area contributed by atoms with E-state index in [4.69, 9.17) is 11.6 Å². The molecule has 0 unspecified atom stereocenters. The molecule has 0 radical (unpaired) electrons. The zero-order valence-corrected chi connectivity index (χ0v) is 14.2. The van der Waals surface area contributed by atoms with Gasteiger partial charge in [-0.25, -0.2) is 4.98 Å². The Hall–Kier alpha value is -2.24. The number of hydrogen-bond donors (Lipinski definition) is 1. The molecule has 1 saturated carbocycles. The second-order valence-electron chi connectivity index (χ2n) is 5.74. The van der Waals surface area contributed by atoms with Gasteiger partial charge in [-0.05, 0) is 36.1 Å². The SMILES string of the molecule is O=C(Nc1nc(-c2cccnc2)cs1)[C@H]1C[C@@H]1c1ccccc1Cl. The van der Waals surface area contributed by atoms with Crippen LogP contribution in [0.5, 0.6) is 0 Å². The Morgan fingerprint density at radius 1 is 1.25 bits per heavy atom. The normalized spacial score (nSPS) is 19.0. The average Bonchev–Trinajstić information content (AvgIpc) is 3.27. The lowest BCUT2D eigenvalue weighted by molar-refractivity contribution is -0.117. The summed E-state index contributed by atoms with van der Waals surface area (Å²) < 4.78 is 0. The molecule has 1 N–H and O–H groups in total. The lowest BCUT2D eigenvalue weighted by atomic mass is 10.1. The van der Waals surface area contributed by atoms with E-state index in [9.17, 15) is 4.79 Å². The fourth-order valence-electron chi connectivity index (χ4n) is 2.78. The van der Waals surface area contributed by atoms with Crippen molar-refractivity contribution in [2.45, 2.75) is 12.3 Å². The first-order valence-corrected chi connectivity index (χ1v) is 8.89. The summed E-state index contributed by atoms with van der Waals surface area (Å²) in [4.78, 5) is 21.0. The lowest BCUT2D eigenvalue weighted by Gasteiger charge is -2.03. The average molecular weight is 356 g/mol. The molecule has 1 amide bonds. The van der Waals surface area contributed by atoms with Gasteiger partial charge in [0.2, 0.25) is 5.91 Å². The van der Waals surface area contributed by atoms with Crippen molar-refractivity contribution in [1.29, 1.82) is 0 Å². The molecule has 1 aliphatic carbocycles. The first-order chi connectivity index (χ1) is 11.7. The van der Waals surface area contributed by atoms with E-state index < -0.39 is 0 Å². The van der Waals surface area contributed by atoms with Crippen LogP contribution in [0.3, 0.4) is 0 Å². The van der Waals surface area contributed by atoms with E-state index in [1.54, 1.807) is 12.4 Å². The third-order valence-corrected chi connectivity index (χ3v) is 5.23. The quantitative estimate of drug-likeness (QED) is 0.744. The number of aromatic nitrogens is 2. The number of thiazole rings is 1. The van der Waals surface area contributed by atoms with E-state index in [1.807, 2.05) is 41.8 Å². The second kappa shape index (κ2) is 6.34. The van der Waals surface area contributed by atoms with Gasteiger partial charge in [0, 0.05) is 34.3 Å². The summed E-state index contributed by atoms with van der Waals surface area (Å²) in [6.45, 7) is 0. The molecule has 1 aliphatic rings. The third-order valence-electron chi connectivity index (χ3n) is 4.12. The molecular formula is C18H14ClN3OS. The monoisotopic (exact) mass is 355 g/mol. The van der Waals surface area contributed by atoms with Gasteiger partial charge in [-0.2, -0.15) is 0 Å². The smallest absolute Gasteiger partial charge is 0.229 e. The Kier molecular flexibility index (Phi) is 4.04. The maximum Gasteiger partial charge on any atom is 0.229 e. The number of nitrogens with one attached hydrogen (secondary N) is 1. The number of rotatable bonds is 4. The van der Waals surface area contributed by atoms with E-state index in [-0.39, 0.29) is 17.7 Å². The molecule has 0 spiro atoms. The van der Waals surface area contributed by atoms with Gasteiger partial charge in [0.15, 0.2) is 5.13 Å². The van der Waals surface area contributed by atoms with Gasteiger partial charge in [-0.1, -0.05) is 29.8 Å². The number of pyridine rings is 1. The van der Waals surface area contributed by atoms with Crippen molar-refractivity contribution in [2.24, 2.45) is 5.92 Å². The molecule has 3 aromatic rings. The van der Waals surface area contributed by atoms with Crippen LogP contribution < -0.4 is 5.32 Å². The summed E-state index contributed by atoms with van der Waals surface area (Å²) >= 11 is 7.63. The maximum absolute atomic E-state index is 12.4. The summed E-state index contributed by atoms with van der Waals surface area (Å²) in [5.74, 6) is 0.180. The molecule has 4 rings (SSSR count). The van der Waals surface area contributed by atoms with Crippen molar-refractivity contribution in [3.8, 4) is 11.3 Å². The van der Waals surface area contributed by atoms with Crippen molar-refractivity contribution >= 4 is 34.0 Å². The predicted octanol–water partition coefficient (Wildman–Crippen LogP) is 4.60. The predicted molar refractivity (Wildman–Crippen MR) is 96.3 cm³/mol. The van der Waals surface area contributed by atoms with Gasteiger partial charge in [0.05, 0.1) is 5.69 Å². The van der Waals surface area contributed by atoms with Crippen LogP contribution in [0, 0.1) is 5.92 Å². The van der Waals surface area contributed by atoms with E-state index in [2.05, 4.69) is 15.3 Å². The molecular weight excluding hydrogens is 342 g/mol. The van der Waals surface area contributed by atoms with E-state index >= 15 is 0 Å². The number of carbonyl (C=O) groups is 1. The molecule has 0 bridgehead atoms. The number of amides is 1. The van der Waals surface area contributed by atoms with Crippen LogP contribution in [-0.2, 0) is 4.79 Å². The first-order valence-electron chi connectivity index (χ1n) is 7.63. The molecule has 0 aliphatic heterocycles. The number of halogens is 1. The highest BCUT2D eigenvalue weighted by molar-refractivity contribution is 7.14. The highest BCUT2D eigenvalue weighted by Gasteiger charge is 2.45. The van der Waals surface area contributed by atoms with Crippen LogP contribution in [0.2, 0.25) is 5.02 Å². The fourth-order valence-corrected chi connectivity index (χ4v) is 3.78. The van der Waals surface area contributed by atoms with Crippen LogP contribution in [0.4, 0.5) is 5.13 Å². The molecule has 120 valence electrons. The largest absolute Gasteiger partial charge is 0.302 e. The van der Waals surface area contributed by atoms with Crippen molar-refractivity contribution < 1.29 is 4.79 Å². The highest BCUT2D eigenvalue weighted by atomic mass is 35.5. The van der Waals surface area contributed by atoms with Gasteiger partial charge in [0.1, 0.15) is 0 Å². The molecule has 24 heavy (non-hydrogen) atoms. The molecule has 4 nitrogen and oxygen atoms in total. The number of carbonyl (C=O) groups excluding carboxylic acids is 1. The number of hydrogen-bond acceptors (Lipinski definition) is 4. The Morgan fingerprint density at radius 2 is 2.12 bits per heavy atom. The van der Waals surface area contributed by atoms with Gasteiger partial charge in [-0.15, -0.1) is 11.3 Å². The van der Waals surface area contributed by atoms with Crippen molar-refractivity contribution in [3.63, 3.8) is 0 Å². The van der Waals surface area contributed by atoms with Gasteiger partial charge in [-0.3, -0.25) is 9.78 Å². The standard InChI is InChI=1S/C18H14ClN3OS/c19-15-6-2-1-5-12(15)13-8-14(13)17(23)22-18-21-16(10-24-18)11-4-3-7-20-9-11/h1-7,9-10,13-14H,8H2,(H,21,22,23)/t13-,14+/m1/s1. The molecule has 1 fully saturated rings. The molecule has 2 aromatic heterocycles. The van der Waals surface area contributed by atoms with Crippen molar-refractivity contribution in [1.82, 2.24) is 9.97 Å². The minimum Gasteiger partial charge on any atom is -0.302 e. The van der Waals surface area contributed by atoms with E-state index in [0.717, 1.165) is 28.3 Å². The topological polar surface area (TPSA) is 54.9 Å². The Bertz CT molecular complexity index is 881. The lowest BCUT2D eigenvalue weighted by Crippen LogP contribution is -2.14. The van der Waals surface area contributed by atoms with Crippen LogP contribution in [-0.4, -0.2) is 15.9 Å². The second-order valence-corrected chi connectivity index (χ2v) is 7.00. The van der Waals surface area contributed by atoms with Crippen LogP contribution in [0.25, 0.3) is 11.3 Å². The minimum absolute atomic E-state index is 0.00649. The van der Waals surface area contributed by atoms with E-state index in [1.165, 1.54) is 11.3 Å². The molecule has 2 atom stereocenters. The number of benzene rings is 1. The number of nitrogens with zero attached hydrogens (tertiary/aromatic N) is 2. The Morgan fingerprint density at radius 3 is 2.92 bits per heavy atom.